The predicted octanol–water partition coefficient (Wildman–Crippen LogP) is 3.79. The third-order valence-corrected chi connectivity index (χ3v) is 5.87. The second kappa shape index (κ2) is 8.56. The number of imidazole rings is 1. The molecule has 1 aromatic heterocycles. The first-order valence-electron chi connectivity index (χ1n) is 10.9. The van der Waals surface area contributed by atoms with Crippen molar-refractivity contribution in [3.8, 4) is 11.4 Å². The van der Waals surface area contributed by atoms with Crippen molar-refractivity contribution in [1.29, 1.82) is 0 Å². The SMILES string of the molecule is COc1cc(/C=C/C2=N[N+]3(c4ccccc4[N+](=O)[O-])CCCN=C3N2)ccc1-n1cnc(C)c1. The Bertz CT molecular complexity index is 1360. The number of aryl methyl sites for hydroxylation is 1. The monoisotopic (exact) mass is 458 g/mol. The largest absolute Gasteiger partial charge is 0.495 e. The predicted molar refractivity (Wildman–Crippen MR) is 131 cm³/mol. The van der Waals surface area contributed by atoms with Crippen LogP contribution in [-0.2, 0) is 0 Å². The number of quaternary nitrogens is 1. The second-order valence-corrected chi connectivity index (χ2v) is 8.09. The number of guanidine groups is 1. The summed E-state index contributed by atoms with van der Waals surface area (Å²) in [7, 11) is 1.63. The number of rotatable bonds is 6. The van der Waals surface area contributed by atoms with Gasteiger partial charge in [-0.25, -0.2) is 9.98 Å². The van der Waals surface area contributed by atoms with Gasteiger partial charge in [0.15, 0.2) is 5.84 Å². The number of hydrogen-bond donors (Lipinski definition) is 1. The van der Waals surface area contributed by atoms with Crippen molar-refractivity contribution in [2.45, 2.75) is 13.3 Å². The maximum atomic E-state index is 11.7. The van der Waals surface area contributed by atoms with Gasteiger partial charge in [-0.1, -0.05) is 34.0 Å². The maximum Gasteiger partial charge on any atom is 0.336 e. The molecular formula is C24H24N7O3+. The Hall–Kier alpha value is -4.31. The Morgan fingerprint density at radius 2 is 2.09 bits per heavy atom. The molecule has 0 saturated heterocycles. The molecule has 0 amide bonds. The maximum absolute atomic E-state index is 11.7. The summed E-state index contributed by atoms with van der Waals surface area (Å²) in [6.07, 6.45) is 8.25. The van der Waals surface area contributed by atoms with E-state index in [1.165, 1.54) is 6.07 Å². The highest BCUT2D eigenvalue weighted by Gasteiger charge is 2.49. The number of fused-ring (bicyclic) bond motifs is 1. The van der Waals surface area contributed by atoms with Crippen LogP contribution in [0.15, 0.2) is 71.2 Å². The number of aliphatic imine (C=N–C) groups is 1. The molecule has 10 heteroatoms. The van der Waals surface area contributed by atoms with Gasteiger partial charge in [-0.3, -0.25) is 15.4 Å². The Morgan fingerprint density at radius 1 is 1.24 bits per heavy atom. The van der Waals surface area contributed by atoms with Crippen molar-refractivity contribution in [2.24, 2.45) is 10.1 Å². The van der Waals surface area contributed by atoms with Crippen LogP contribution in [0.3, 0.4) is 0 Å². The molecule has 3 heterocycles. The molecule has 34 heavy (non-hydrogen) atoms. The average molecular weight is 459 g/mol. The summed E-state index contributed by atoms with van der Waals surface area (Å²) in [6.45, 7) is 3.19. The summed E-state index contributed by atoms with van der Waals surface area (Å²) in [5, 5.41) is 19.8. The minimum absolute atomic E-state index is 0.0287. The molecule has 0 radical (unpaired) electrons. The zero-order valence-electron chi connectivity index (χ0n) is 18.9. The molecular weight excluding hydrogens is 434 g/mol. The van der Waals surface area contributed by atoms with E-state index in [1.807, 2.05) is 48.0 Å². The summed E-state index contributed by atoms with van der Waals surface area (Å²) >= 11 is 0. The van der Waals surface area contributed by atoms with Gasteiger partial charge in [0.05, 0.1) is 36.3 Å². The lowest BCUT2D eigenvalue weighted by Gasteiger charge is -2.28. The van der Waals surface area contributed by atoms with Gasteiger partial charge in [0.1, 0.15) is 12.3 Å². The van der Waals surface area contributed by atoms with Crippen molar-refractivity contribution >= 4 is 29.2 Å². The van der Waals surface area contributed by atoms with E-state index in [1.54, 1.807) is 31.6 Å². The molecule has 10 nitrogen and oxygen atoms in total. The molecule has 5 rings (SSSR count). The first-order valence-corrected chi connectivity index (χ1v) is 10.9. The number of aromatic nitrogens is 2. The fourth-order valence-electron chi connectivity index (χ4n) is 4.29. The number of ether oxygens (including phenoxy) is 1. The molecule has 1 N–H and O–H groups in total. The highest BCUT2D eigenvalue weighted by Crippen LogP contribution is 2.37. The van der Waals surface area contributed by atoms with E-state index in [9.17, 15) is 10.1 Å². The van der Waals surface area contributed by atoms with Gasteiger partial charge in [0.2, 0.25) is 5.69 Å². The minimum atomic E-state index is -0.368. The molecule has 2 aromatic carbocycles. The van der Waals surface area contributed by atoms with Crippen LogP contribution in [0.1, 0.15) is 17.7 Å². The third-order valence-electron chi connectivity index (χ3n) is 5.87. The van der Waals surface area contributed by atoms with Gasteiger partial charge >= 0.3 is 11.6 Å². The first kappa shape index (κ1) is 21.5. The molecule has 0 aliphatic carbocycles. The van der Waals surface area contributed by atoms with E-state index in [-0.39, 0.29) is 15.2 Å². The third kappa shape index (κ3) is 3.73. The number of benzene rings is 2. The molecule has 0 bridgehead atoms. The highest BCUT2D eigenvalue weighted by atomic mass is 16.6. The van der Waals surface area contributed by atoms with Crippen LogP contribution in [0.4, 0.5) is 11.4 Å². The molecule has 2 aliphatic rings. The van der Waals surface area contributed by atoms with E-state index < -0.39 is 0 Å². The van der Waals surface area contributed by atoms with Crippen molar-refractivity contribution in [1.82, 2.24) is 19.5 Å². The van der Waals surface area contributed by atoms with E-state index in [4.69, 9.17) is 9.84 Å². The van der Waals surface area contributed by atoms with Crippen LogP contribution in [0.5, 0.6) is 5.75 Å². The molecule has 1 atom stereocenters. The van der Waals surface area contributed by atoms with Crippen LogP contribution in [0.25, 0.3) is 11.8 Å². The fraction of sp³-hybridized carbons (Fsp3) is 0.208. The number of nitrogens with one attached hydrogen (secondary N) is 1. The lowest BCUT2D eigenvalue weighted by molar-refractivity contribution is -0.384. The summed E-state index contributed by atoms with van der Waals surface area (Å²) in [4.78, 5) is 20.2. The fourth-order valence-corrected chi connectivity index (χ4v) is 4.29. The lowest BCUT2D eigenvalue weighted by Crippen LogP contribution is -2.53. The van der Waals surface area contributed by atoms with E-state index in [0.717, 1.165) is 23.4 Å². The first-order chi connectivity index (χ1) is 16.5. The smallest absolute Gasteiger partial charge is 0.336 e. The Balaban J connectivity index is 1.48. The summed E-state index contributed by atoms with van der Waals surface area (Å²) in [5.74, 6) is 1.90. The Kier molecular flexibility index (Phi) is 5.42. The van der Waals surface area contributed by atoms with Crippen LogP contribution < -0.4 is 14.6 Å². The topological polar surface area (TPSA) is 107 Å². The van der Waals surface area contributed by atoms with E-state index >= 15 is 0 Å². The summed E-state index contributed by atoms with van der Waals surface area (Å²) in [5.41, 5.74) is 3.27. The molecule has 0 fully saturated rings. The zero-order chi connectivity index (χ0) is 23.7. The van der Waals surface area contributed by atoms with E-state index in [2.05, 4.69) is 15.3 Å². The van der Waals surface area contributed by atoms with Gasteiger partial charge in [0, 0.05) is 24.8 Å². The Labute approximate surface area is 196 Å². The van der Waals surface area contributed by atoms with Gasteiger partial charge in [-0.2, -0.15) is 0 Å². The molecule has 172 valence electrons. The normalized spacial score (nSPS) is 19.4. The van der Waals surface area contributed by atoms with Crippen molar-refractivity contribution in [2.75, 3.05) is 20.2 Å². The van der Waals surface area contributed by atoms with Crippen LogP contribution >= 0.6 is 0 Å². The van der Waals surface area contributed by atoms with Gasteiger partial charge in [0.25, 0.3) is 0 Å². The molecule has 0 saturated carbocycles. The molecule has 2 aliphatic heterocycles. The molecule has 1 unspecified atom stereocenters. The molecule has 3 aromatic rings. The van der Waals surface area contributed by atoms with Crippen molar-refractivity contribution in [3.05, 3.63) is 82.4 Å². The number of nitro groups is 1. The number of methoxy groups -OCH3 is 1. The molecule has 0 spiro atoms. The van der Waals surface area contributed by atoms with Crippen LogP contribution in [0.2, 0.25) is 0 Å². The van der Waals surface area contributed by atoms with Gasteiger partial charge in [-0.05, 0) is 30.7 Å². The number of hydrogen-bond acceptors (Lipinski definition) is 7. The summed E-state index contributed by atoms with van der Waals surface area (Å²) in [6, 6.07) is 12.6. The second-order valence-electron chi connectivity index (χ2n) is 8.09. The number of nitro benzene ring substituents is 1. The number of amidine groups is 1. The number of para-hydroxylation sites is 2. The van der Waals surface area contributed by atoms with Crippen molar-refractivity contribution < 1.29 is 9.66 Å². The van der Waals surface area contributed by atoms with Crippen molar-refractivity contribution in [3.63, 3.8) is 0 Å². The highest BCUT2D eigenvalue weighted by molar-refractivity contribution is 6.15. The van der Waals surface area contributed by atoms with Gasteiger partial charge in [-0.15, -0.1) is 0 Å². The quantitative estimate of drug-likeness (QED) is 0.344. The van der Waals surface area contributed by atoms with Crippen LogP contribution in [-0.4, -0.2) is 46.5 Å². The van der Waals surface area contributed by atoms with E-state index in [0.29, 0.717) is 36.3 Å². The van der Waals surface area contributed by atoms with Gasteiger partial charge < -0.3 is 9.30 Å². The lowest BCUT2D eigenvalue weighted by atomic mass is 10.1. The average Bonchev–Trinajstić information content (AvgIpc) is 3.46. The summed E-state index contributed by atoms with van der Waals surface area (Å²) < 4.78 is 7.48. The standard InChI is InChI=1S/C24H24N7O3/c1-17-15-29(16-26-17)20-10-8-18(14-22(20)34-2)9-11-23-27-24-25-12-5-13-31(24,28-23)21-7-4-3-6-19(21)30(32)33/h3-4,6-11,14-16H,5,12-13H2,1-2H3,(H,25,27,28)/q+1/b11-9+. The minimum Gasteiger partial charge on any atom is -0.495 e. The Morgan fingerprint density at radius 3 is 2.85 bits per heavy atom. The number of nitrogens with zero attached hydrogens (tertiary/aromatic N) is 6. The zero-order valence-corrected chi connectivity index (χ0v) is 18.9. The van der Waals surface area contributed by atoms with Crippen LogP contribution in [0, 0.1) is 17.0 Å².